The molecule has 3 nitrogen and oxygen atoms in total. The minimum absolute atomic E-state index is 0.372. The normalized spacial score (nSPS) is 32.4. The van der Waals surface area contributed by atoms with Crippen molar-refractivity contribution in [3.63, 3.8) is 0 Å². The molecular weight excluding hydrogens is 248 g/mol. The topological polar surface area (TPSA) is 24.5 Å². The first-order valence-electron chi connectivity index (χ1n) is 8.83. The van der Waals surface area contributed by atoms with Gasteiger partial charge in [-0.3, -0.25) is 4.90 Å². The fraction of sp³-hybridized carbons (Fsp3) is 1.00. The van der Waals surface area contributed by atoms with Gasteiger partial charge in [0.15, 0.2) is 0 Å². The van der Waals surface area contributed by atoms with Crippen LogP contribution in [0.2, 0.25) is 0 Å². The van der Waals surface area contributed by atoms with Crippen molar-refractivity contribution in [2.45, 2.75) is 64.0 Å². The predicted molar refractivity (Wildman–Crippen MR) is 82.9 cm³/mol. The Morgan fingerprint density at radius 2 is 1.80 bits per heavy atom. The lowest BCUT2D eigenvalue weighted by Gasteiger charge is -2.49. The van der Waals surface area contributed by atoms with Crippen LogP contribution in [0.4, 0.5) is 0 Å². The number of rotatable bonds is 5. The van der Waals surface area contributed by atoms with E-state index in [9.17, 15) is 0 Å². The van der Waals surface area contributed by atoms with Crippen LogP contribution in [-0.2, 0) is 4.74 Å². The Labute approximate surface area is 124 Å². The van der Waals surface area contributed by atoms with E-state index in [0.717, 1.165) is 31.1 Å². The average molecular weight is 280 g/mol. The summed E-state index contributed by atoms with van der Waals surface area (Å²) >= 11 is 0. The maximum Gasteiger partial charge on any atom is 0.0469 e. The third-order valence-corrected chi connectivity index (χ3v) is 6.01. The van der Waals surface area contributed by atoms with Crippen LogP contribution in [0.25, 0.3) is 0 Å². The van der Waals surface area contributed by atoms with Crippen LogP contribution in [0.3, 0.4) is 0 Å². The maximum absolute atomic E-state index is 5.53. The molecule has 1 aliphatic carbocycles. The molecule has 2 saturated heterocycles. The fourth-order valence-electron chi connectivity index (χ4n) is 4.14. The molecule has 20 heavy (non-hydrogen) atoms. The average Bonchev–Trinajstić information content (AvgIpc) is 3.33. The van der Waals surface area contributed by atoms with Gasteiger partial charge in [0.05, 0.1) is 0 Å². The second-order valence-corrected chi connectivity index (χ2v) is 7.26. The third-order valence-electron chi connectivity index (χ3n) is 6.01. The number of ether oxygens (including phenoxy) is 1. The predicted octanol–water partition coefficient (Wildman–Crippen LogP) is 2.66. The van der Waals surface area contributed by atoms with E-state index in [0.29, 0.717) is 5.54 Å². The molecule has 0 bridgehead atoms. The molecule has 2 heterocycles. The van der Waals surface area contributed by atoms with E-state index in [1.807, 2.05) is 0 Å². The molecule has 0 aromatic carbocycles. The first-order chi connectivity index (χ1) is 9.76. The van der Waals surface area contributed by atoms with Crippen molar-refractivity contribution in [2.24, 2.45) is 11.8 Å². The summed E-state index contributed by atoms with van der Waals surface area (Å²) < 4.78 is 5.53. The summed E-state index contributed by atoms with van der Waals surface area (Å²) in [5.41, 5.74) is 0.372. The minimum atomic E-state index is 0.372. The van der Waals surface area contributed by atoms with E-state index in [-0.39, 0.29) is 0 Å². The van der Waals surface area contributed by atoms with Crippen LogP contribution in [0.15, 0.2) is 0 Å². The van der Waals surface area contributed by atoms with Gasteiger partial charge in [-0.1, -0.05) is 13.8 Å². The lowest BCUT2D eigenvalue weighted by molar-refractivity contribution is 0.0145. The van der Waals surface area contributed by atoms with Crippen LogP contribution < -0.4 is 5.32 Å². The number of hydrogen-bond donors (Lipinski definition) is 1. The Morgan fingerprint density at radius 1 is 1.10 bits per heavy atom. The largest absolute Gasteiger partial charge is 0.381 e. The van der Waals surface area contributed by atoms with Crippen LogP contribution in [-0.4, -0.2) is 49.3 Å². The fourth-order valence-corrected chi connectivity index (χ4v) is 4.14. The van der Waals surface area contributed by atoms with Gasteiger partial charge in [0.25, 0.3) is 0 Å². The molecule has 1 N–H and O–H groups in total. The standard InChI is InChI=1S/C17H32N2O/c1-3-17(4-2)13-19(12-14-7-9-20-10-8-14)16(11-18-17)15-5-6-15/h14-16,18H,3-13H2,1-2H3. The van der Waals surface area contributed by atoms with Gasteiger partial charge < -0.3 is 10.1 Å². The lowest BCUT2D eigenvalue weighted by atomic mass is 9.86. The number of piperazine rings is 1. The van der Waals surface area contributed by atoms with Crippen LogP contribution in [0.5, 0.6) is 0 Å². The molecule has 1 saturated carbocycles. The van der Waals surface area contributed by atoms with Crippen molar-refractivity contribution in [2.75, 3.05) is 32.8 Å². The third kappa shape index (κ3) is 3.20. The summed E-state index contributed by atoms with van der Waals surface area (Å²) in [5.74, 6) is 1.85. The van der Waals surface area contributed by atoms with Gasteiger partial charge in [-0.2, -0.15) is 0 Å². The molecule has 3 aliphatic rings. The minimum Gasteiger partial charge on any atom is -0.381 e. The zero-order valence-corrected chi connectivity index (χ0v) is 13.4. The Balaban J connectivity index is 1.65. The Morgan fingerprint density at radius 3 is 2.40 bits per heavy atom. The molecule has 0 amide bonds. The zero-order valence-electron chi connectivity index (χ0n) is 13.4. The Kier molecular flexibility index (Phi) is 4.68. The molecule has 3 rings (SSSR count). The van der Waals surface area contributed by atoms with Gasteiger partial charge in [-0.05, 0) is 50.4 Å². The summed E-state index contributed by atoms with van der Waals surface area (Å²) in [6.45, 7) is 10.5. The van der Waals surface area contributed by atoms with Crippen molar-refractivity contribution < 1.29 is 4.74 Å². The van der Waals surface area contributed by atoms with E-state index in [2.05, 4.69) is 24.1 Å². The summed E-state index contributed by atoms with van der Waals surface area (Å²) in [4.78, 5) is 2.86. The Bertz CT molecular complexity index is 306. The number of nitrogens with one attached hydrogen (secondary N) is 1. The zero-order chi connectivity index (χ0) is 14.0. The van der Waals surface area contributed by atoms with Crippen LogP contribution in [0, 0.1) is 11.8 Å². The van der Waals surface area contributed by atoms with Gasteiger partial charge in [-0.15, -0.1) is 0 Å². The summed E-state index contributed by atoms with van der Waals surface area (Å²) in [7, 11) is 0. The molecule has 3 fully saturated rings. The molecule has 2 aliphatic heterocycles. The van der Waals surface area contributed by atoms with Gasteiger partial charge in [0.1, 0.15) is 0 Å². The highest BCUT2D eigenvalue weighted by molar-refractivity contribution is 5.01. The van der Waals surface area contributed by atoms with Crippen LogP contribution >= 0.6 is 0 Å². The molecule has 0 spiro atoms. The molecule has 0 radical (unpaired) electrons. The molecule has 3 heteroatoms. The monoisotopic (exact) mass is 280 g/mol. The highest BCUT2D eigenvalue weighted by atomic mass is 16.5. The number of hydrogen-bond acceptors (Lipinski definition) is 3. The van der Waals surface area contributed by atoms with E-state index in [1.165, 1.54) is 58.2 Å². The SMILES string of the molecule is CCC1(CC)CN(CC2CCOCC2)C(C2CC2)CN1. The van der Waals surface area contributed by atoms with Crippen molar-refractivity contribution in [1.82, 2.24) is 10.2 Å². The van der Waals surface area contributed by atoms with Gasteiger partial charge in [0.2, 0.25) is 0 Å². The van der Waals surface area contributed by atoms with E-state index < -0.39 is 0 Å². The second kappa shape index (κ2) is 6.33. The lowest BCUT2D eigenvalue weighted by Crippen LogP contribution is -2.65. The molecule has 0 aromatic heterocycles. The quantitative estimate of drug-likeness (QED) is 0.838. The van der Waals surface area contributed by atoms with Gasteiger partial charge in [0, 0.05) is 44.4 Å². The summed E-state index contributed by atoms with van der Waals surface area (Å²) in [6.07, 6.45) is 7.97. The number of nitrogens with zero attached hydrogens (tertiary/aromatic N) is 1. The second-order valence-electron chi connectivity index (χ2n) is 7.26. The van der Waals surface area contributed by atoms with E-state index in [4.69, 9.17) is 4.74 Å². The maximum atomic E-state index is 5.53. The van der Waals surface area contributed by atoms with Crippen LogP contribution in [0.1, 0.15) is 52.4 Å². The molecule has 1 atom stereocenters. The highest BCUT2D eigenvalue weighted by Crippen LogP contribution is 2.38. The molecule has 116 valence electrons. The van der Waals surface area contributed by atoms with E-state index in [1.54, 1.807) is 0 Å². The van der Waals surface area contributed by atoms with E-state index >= 15 is 0 Å². The Hall–Kier alpha value is -0.120. The van der Waals surface area contributed by atoms with Crippen molar-refractivity contribution in [1.29, 1.82) is 0 Å². The summed E-state index contributed by atoms with van der Waals surface area (Å²) in [5, 5.41) is 3.90. The van der Waals surface area contributed by atoms with Crippen molar-refractivity contribution in [3.05, 3.63) is 0 Å². The summed E-state index contributed by atoms with van der Waals surface area (Å²) in [6, 6.07) is 0.809. The first kappa shape index (κ1) is 14.8. The van der Waals surface area contributed by atoms with Crippen molar-refractivity contribution >= 4 is 0 Å². The molecule has 0 aromatic rings. The molecular formula is C17H32N2O. The van der Waals surface area contributed by atoms with Crippen molar-refractivity contribution in [3.8, 4) is 0 Å². The van der Waals surface area contributed by atoms with Gasteiger partial charge >= 0.3 is 0 Å². The smallest absolute Gasteiger partial charge is 0.0469 e. The first-order valence-corrected chi connectivity index (χ1v) is 8.83. The van der Waals surface area contributed by atoms with Gasteiger partial charge in [-0.25, -0.2) is 0 Å². The highest BCUT2D eigenvalue weighted by Gasteiger charge is 2.43. The molecule has 1 unspecified atom stereocenters.